The Kier molecular flexibility index (Phi) is 2.57. The maximum Gasteiger partial charge on any atom is 0.123 e. The van der Waals surface area contributed by atoms with Crippen LogP contribution in [0, 0.1) is 24.7 Å². The topological polar surface area (TPSA) is 42.1 Å². The van der Waals surface area contributed by atoms with E-state index in [0.29, 0.717) is 11.4 Å². The van der Waals surface area contributed by atoms with Gasteiger partial charge in [-0.1, -0.05) is 0 Å². The third kappa shape index (κ3) is 1.75. The van der Waals surface area contributed by atoms with E-state index in [1.165, 1.54) is 49.8 Å². The Morgan fingerprint density at radius 2 is 1.70 bits per heavy atom. The van der Waals surface area contributed by atoms with Crippen LogP contribution in [-0.4, -0.2) is 17.6 Å². The smallest absolute Gasteiger partial charge is 0.123 e. The number of hydrogen-bond acceptors (Lipinski definition) is 3. The van der Waals surface area contributed by atoms with E-state index in [9.17, 15) is 0 Å². The van der Waals surface area contributed by atoms with Crippen molar-refractivity contribution in [2.75, 3.05) is 17.7 Å². The number of rotatable bonds is 2. The zero-order chi connectivity index (χ0) is 13.9. The SMILES string of the molecule is Cc1cc(N)ncc1N(C)C12CC3CC(CC(C3)C1)C2. The van der Waals surface area contributed by atoms with Crippen LogP contribution in [0.25, 0.3) is 0 Å². The molecular formula is C17H25N3. The largest absolute Gasteiger partial charge is 0.384 e. The van der Waals surface area contributed by atoms with Crippen LogP contribution < -0.4 is 10.6 Å². The van der Waals surface area contributed by atoms with Crippen LogP contribution in [0.3, 0.4) is 0 Å². The number of pyridine rings is 1. The second-order valence-corrected chi connectivity index (χ2v) is 7.60. The molecule has 0 aromatic carbocycles. The van der Waals surface area contributed by atoms with E-state index < -0.39 is 0 Å². The van der Waals surface area contributed by atoms with Gasteiger partial charge in [-0.05, 0) is 74.8 Å². The number of anilines is 2. The van der Waals surface area contributed by atoms with E-state index >= 15 is 0 Å². The average molecular weight is 271 g/mol. The van der Waals surface area contributed by atoms with Gasteiger partial charge < -0.3 is 10.6 Å². The molecule has 4 aliphatic carbocycles. The van der Waals surface area contributed by atoms with E-state index in [2.05, 4.69) is 23.9 Å². The molecule has 0 spiro atoms. The van der Waals surface area contributed by atoms with E-state index in [0.717, 1.165) is 17.8 Å². The minimum atomic E-state index is 0.400. The molecule has 0 amide bonds. The van der Waals surface area contributed by atoms with Gasteiger partial charge >= 0.3 is 0 Å². The molecule has 4 bridgehead atoms. The van der Waals surface area contributed by atoms with E-state index in [-0.39, 0.29) is 0 Å². The normalized spacial score (nSPS) is 38.2. The van der Waals surface area contributed by atoms with Gasteiger partial charge in [0, 0.05) is 12.6 Å². The molecule has 3 nitrogen and oxygen atoms in total. The Hall–Kier alpha value is -1.25. The summed E-state index contributed by atoms with van der Waals surface area (Å²) in [5, 5.41) is 0. The fourth-order valence-corrected chi connectivity index (χ4v) is 5.65. The molecule has 108 valence electrons. The molecule has 0 aliphatic heterocycles. The number of hydrogen-bond donors (Lipinski definition) is 1. The van der Waals surface area contributed by atoms with Gasteiger partial charge in [-0.3, -0.25) is 0 Å². The molecule has 2 N–H and O–H groups in total. The molecule has 3 heteroatoms. The summed E-state index contributed by atoms with van der Waals surface area (Å²) in [7, 11) is 2.29. The summed E-state index contributed by atoms with van der Waals surface area (Å²) in [6.07, 6.45) is 10.6. The highest BCUT2D eigenvalue weighted by atomic mass is 15.2. The summed E-state index contributed by atoms with van der Waals surface area (Å²) in [6.45, 7) is 2.16. The molecule has 4 aliphatic rings. The summed E-state index contributed by atoms with van der Waals surface area (Å²) in [6, 6.07) is 2.01. The molecule has 1 aromatic heterocycles. The Bertz CT molecular complexity index is 502. The van der Waals surface area contributed by atoms with Crippen molar-refractivity contribution in [3.63, 3.8) is 0 Å². The van der Waals surface area contributed by atoms with Crippen LogP contribution in [0.2, 0.25) is 0 Å². The lowest BCUT2D eigenvalue weighted by molar-refractivity contribution is -0.00207. The molecule has 0 saturated heterocycles. The second kappa shape index (κ2) is 4.12. The van der Waals surface area contributed by atoms with Gasteiger partial charge in [0.25, 0.3) is 0 Å². The van der Waals surface area contributed by atoms with Crippen LogP contribution in [0.15, 0.2) is 12.3 Å². The van der Waals surface area contributed by atoms with Gasteiger partial charge in [-0.15, -0.1) is 0 Å². The first kappa shape index (κ1) is 12.5. The summed E-state index contributed by atoms with van der Waals surface area (Å²) < 4.78 is 0. The standard InChI is InChI=1S/C17H25N3/c1-11-3-16(18)19-10-15(11)20(2)17-7-12-4-13(8-17)6-14(5-12)9-17/h3,10,12-14H,4-9H2,1-2H3,(H2,18,19). The van der Waals surface area contributed by atoms with Crippen molar-refractivity contribution < 1.29 is 0 Å². The van der Waals surface area contributed by atoms with Crippen molar-refractivity contribution in [2.24, 2.45) is 17.8 Å². The van der Waals surface area contributed by atoms with Gasteiger partial charge in [0.15, 0.2) is 0 Å². The highest BCUT2D eigenvalue weighted by Gasteiger charge is 2.53. The van der Waals surface area contributed by atoms with E-state index in [4.69, 9.17) is 5.73 Å². The van der Waals surface area contributed by atoms with Crippen molar-refractivity contribution in [2.45, 2.75) is 51.0 Å². The van der Waals surface area contributed by atoms with E-state index in [1.807, 2.05) is 12.3 Å². The number of nitrogens with zero attached hydrogens (tertiary/aromatic N) is 2. The molecule has 1 heterocycles. The first-order chi connectivity index (χ1) is 9.56. The predicted molar refractivity (Wildman–Crippen MR) is 82.7 cm³/mol. The van der Waals surface area contributed by atoms with Crippen LogP contribution in [0.5, 0.6) is 0 Å². The molecule has 0 atom stereocenters. The van der Waals surface area contributed by atoms with Crippen molar-refractivity contribution >= 4 is 11.5 Å². The van der Waals surface area contributed by atoms with Gasteiger partial charge in [0.1, 0.15) is 5.82 Å². The lowest BCUT2D eigenvalue weighted by Crippen LogP contribution is -2.59. The third-order valence-electron chi connectivity index (χ3n) is 6.18. The van der Waals surface area contributed by atoms with Crippen molar-refractivity contribution in [1.82, 2.24) is 4.98 Å². The summed E-state index contributed by atoms with van der Waals surface area (Å²) in [4.78, 5) is 6.88. The van der Waals surface area contributed by atoms with Crippen molar-refractivity contribution in [3.8, 4) is 0 Å². The zero-order valence-electron chi connectivity index (χ0n) is 12.6. The van der Waals surface area contributed by atoms with Gasteiger partial charge in [-0.25, -0.2) is 4.98 Å². The number of aromatic nitrogens is 1. The Morgan fingerprint density at radius 1 is 1.15 bits per heavy atom. The first-order valence-electron chi connectivity index (χ1n) is 8.02. The minimum absolute atomic E-state index is 0.400. The van der Waals surface area contributed by atoms with Gasteiger partial charge in [0.05, 0.1) is 11.9 Å². The zero-order valence-corrected chi connectivity index (χ0v) is 12.6. The Balaban J connectivity index is 1.69. The fraction of sp³-hybridized carbons (Fsp3) is 0.706. The third-order valence-corrected chi connectivity index (χ3v) is 6.18. The van der Waals surface area contributed by atoms with Gasteiger partial charge in [0.2, 0.25) is 0 Å². The molecule has 4 fully saturated rings. The summed E-state index contributed by atoms with van der Waals surface area (Å²) in [5.41, 5.74) is 8.74. The van der Waals surface area contributed by atoms with Crippen LogP contribution in [0.4, 0.5) is 11.5 Å². The number of nitrogen functional groups attached to an aromatic ring is 1. The highest BCUT2D eigenvalue weighted by Crippen LogP contribution is 2.58. The van der Waals surface area contributed by atoms with Crippen molar-refractivity contribution in [3.05, 3.63) is 17.8 Å². The van der Waals surface area contributed by atoms with Crippen LogP contribution in [0.1, 0.15) is 44.1 Å². The molecular weight excluding hydrogens is 246 g/mol. The number of nitrogens with two attached hydrogens (primary N) is 1. The quantitative estimate of drug-likeness (QED) is 0.896. The van der Waals surface area contributed by atoms with Crippen molar-refractivity contribution in [1.29, 1.82) is 0 Å². The second-order valence-electron chi connectivity index (χ2n) is 7.60. The Labute approximate surface area is 121 Å². The van der Waals surface area contributed by atoms with E-state index in [1.54, 1.807) is 0 Å². The Morgan fingerprint density at radius 3 is 2.20 bits per heavy atom. The van der Waals surface area contributed by atoms with Gasteiger partial charge in [-0.2, -0.15) is 0 Å². The van der Waals surface area contributed by atoms with Crippen LogP contribution in [-0.2, 0) is 0 Å². The van der Waals surface area contributed by atoms with Crippen LogP contribution >= 0.6 is 0 Å². The maximum atomic E-state index is 5.80. The lowest BCUT2D eigenvalue weighted by atomic mass is 9.52. The lowest BCUT2D eigenvalue weighted by Gasteiger charge is -2.60. The minimum Gasteiger partial charge on any atom is -0.384 e. The monoisotopic (exact) mass is 271 g/mol. The highest BCUT2D eigenvalue weighted by molar-refractivity contribution is 5.56. The number of aryl methyl sites for hydroxylation is 1. The molecule has 4 saturated carbocycles. The molecule has 1 aromatic rings. The first-order valence-corrected chi connectivity index (χ1v) is 8.02. The predicted octanol–water partition coefficient (Wildman–Crippen LogP) is 3.38. The average Bonchev–Trinajstić information content (AvgIpc) is 2.36. The molecule has 0 radical (unpaired) electrons. The maximum absolute atomic E-state index is 5.80. The molecule has 0 unspecified atom stereocenters. The molecule has 20 heavy (non-hydrogen) atoms. The fourth-order valence-electron chi connectivity index (χ4n) is 5.65. The summed E-state index contributed by atoms with van der Waals surface area (Å²) >= 11 is 0. The molecule has 5 rings (SSSR count). The summed E-state index contributed by atoms with van der Waals surface area (Å²) in [5.74, 6) is 3.56.